The molecule has 8 rings (SSSR count). The number of hydrogen-bond donors (Lipinski definition) is 2. The quantitative estimate of drug-likeness (QED) is 0.189. The number of benzene rings is 2. The van der Waals surface area contributed by atoms with E-state index in [2.05, 4.69) is 53.9 Å². The number of carbonyl (C=O) groups excluding carboxylic acids is 4. The summed E-state index contributed by atoms with van der Waals surface area (Å²) in [7, 11) is 5.73. The molecule has 6 aromatic rings. The highest BCUT2D eigenvalue weighted by Gasteiger charge is 2.43. The van der Waals surface area contributed by atoms with Gasteiger partial charge in [0, 0.05) is 62.5 Å². The van der Waals surface area contributed by atoms with Gasteiger partial charge in [-0.15, -0.1) is 6.42 Å². The summed E-state index contributed by atoms with van der Waals surface area (Å²) in [6.07, 6.45) is 8.60. The van der Waals surface area contributed by atoms with Crippen LogP contribution in [0.5, 0.6) is 0 Å². The van der Waals surface area contributed by atoms with Gasteiger partial charge in [0.15, 0.2) is 22.7 Å². The molecule has 19 heteroatoms. The smallest absolute Gasteiger partial charge is 0.359 e. The zero-order valence-electron chi connectivity index (χ0n) is 32.9. The minimum absolute atomic E-state index is 0. The van der Waals surface area contributed by atoms with Gasteiger partial charge in [-0.25, -0.2) is 37.7 Å². The molecule has 2 N–H and O–H groups in total. The van der Waals surface area contributed by atoms with Crippen molar-refractivity contribution in [1.82, 2.24) is 39.3 Å². The summed E-state index contributed by atoms with van der Waals surface area (Å²) in [6.45, 7) is 0.930. The van der Waals surface area contributed by atoms with Crippen LogP contribution in [0.3, 0.4) is 0 Å². The lowest BCUT2D eigenvalue weighted by molar-refractivity contribution is -0.138. The third kappa shape index (κ3) is 9.30. The average Bonchev–Trinajstić information content (AvgIpc) is 3.98. The van der Waals surface area contributed by atoms with Crippen molar-refractivity contribution in [2.45, 2.75) is 31.5 Å². The molecule has 2 fully saturated rings. The molecule has 0 aliphatic carbocycles. The van der Waals surface area contributed by atoms with Crippen molar-refractivity contribution in [1.29, 1.82) is 0 Å². The molecule has 2 aromatic carbocycles. The molecule has 2 saturated heterocycles. The maximum atomic E-state index is 14.3. The Labute approximate surface area is 362 Å². The Morgan fingerprint density at radius 2 is 1.24 bits per heavy atom. The standard InChI is InChI=1S/C21H17FN4O4.C14H9BrFN3O2.C7H9NO2.CH4/c1-25-9-7-21(29,20(25)28)6-5-13-10-14(22)12-15(11-13)26-18-16(4-3-8-23-18)17(24-26)19(27)30-2;1-21-14(20)12-11-3-2-4-17-13(11)19(18-12)10-6-8(15)5-9(16)7-10;1-3-7(10)4-5-8(2)6(7)9;/h3-4,8,10-12,29H,7,9H2,1-2H3;2-7H,1H3;1,10H,4-5H2,2H3;1H4/t21-;;7-;/m0.0./s1. The lowest BCUT2D eigenvalue weighted by Crippen LogP contribution is -2.37. The molecule has 2 atom stereocenters. The molecule has 2 amide bonds. The second-order valence-electron chi connectivity index (χ2n) is 13.6. The van der Waals surface area contributed by atoms with Crippen LogP contribution >= 0.6 is 15.9 Å². The second kappa shape index (κ2) is 18.7. The first-order valence-corrected chi connectivity index (χ1v) is 18.9. The van der Waals surface area contributed by atoms with E-state index in [9.17, 15) is 38.2 Å². The number of esters is 2. The highest BCUT2D eigenvalue weighted by Crippen LogP contribution is 2.26. The number of amides is 2. The van der Waals surface area contributed by atoms with Crippen LogP contribution in [0.4, 0.5) is 8.78 Å². The SMILES string of the molecule is C.C#C[C@]1(O)CCN(C)C1=O.COC(=O)c1nn(-c2cc(F)cc(Br)c2)c2ncccc12.COC(=O)c1nn(-c2cc(F)cc(C#C[C@]3(O)CCN(C)C3=O)c2)c2ncccc12. The maximum Gasteiger partial charge on any atom is 0.359 e. The number of carbonyl (C=O) groups is 4. The number of nitrogens with zero attached hydrogens (tertiary/aromatic N) is 8. The van der Waals surface area contributed by atoms with Crippen molar-refractivity contribution in [3.05, 3.63) is 106 Å². The van der Waals surface area contributed by atoms with Crippen molar-refractivity contribution >= 4 is 61.7 Å². The van der Waals surface area contributed by atoms with E-state index in [0.717, 1.165) is 0 Å². The van der Waals surface area contributed by atoms with Gasteiger partial charge in [0.05, 0.1) is 36.4 Å². The summed E-state index contributed by atoms with van der Waals surface area (Å²) in [6, 6.07) is 15.0. The number of fused-ring (bicyclic) bond motifs is 2. The van der Waals surface area contributed by atoms with Crippen LogP contribution in [0.2, 0.25) is 0 Å². The van der Waals surface area contributed by atoms with Gasteiger partial charge in [-0.1, -0.05) is 41.1 Å². The number of methoxy groups -OCH3 is 2. The Balaban J connectivity index is 0.000000196. The van der Waals surface area contributed by atoms with Crippen LogP contribution in [0, 0.1) is 35.8 Å². The molecule has 2 aliphatic heterocycles. The van der Waals surface area contributed by atoms with Crippen LogP contribution in [0.1, 0.15) is 46.8 Å². The Morgan fingerprint density at radius 1 is 0.774 bits per heavy atom. The van der Waals surface area contributed by atoms with Gasteiger partial charge in [-0.2, -0.15) is 10.2 Å². The van der Waals surface area contributed by atoms with E-state index in [1.165, 1.54) is 69.9 Å². The number of ether oxygens (including phenoxy) is 2. The summed E-state index contributed by atoms with van der Waals surface area (Å²) < 4.78 is 40.7. The minimum atomic E-state index is -1.79. The molecule has 320 valence electrons. The topological polar surface area (TPSA) is 195 Å². The molecule has 0 radical (unpaired) electrons. The van der Waals surface area contributed by atoms with Gasteiger partial charge in [-0.05, 0) is 60.7 Å². The first kappa shape index (κ1) is 46.0. The van der Waals surface area contributed by atoms with E-state index in [4.69, 9.17) is 15.9 Å². The summed E-state index contributed by atoms with van der Waals surface area (Å²) >= 11 is 3.23. The zero-order valence-corrected chi connectivity index (χ0v) is 34.5. The van der Waals surface area contributed by atoms with Gasteiger partial charge >= 0.3 is 11.9 Å². The van der Waals surface area contributed by atoms with Gasteiger partial charge in [0.1, 0.15) is 11.6 Å². The predicted molar refractivity (Wildman–Crippen MR) is 225 cm³/mol. The number of rotatable bonds is 4. The fourth-order valence-corrected chi connectivity index (χ4v) is 6.77. The summed E-state index contributed by atoms with van der Waals surface area (Å²) in [5.74, 6) is 4.24. The molecular weight excluding hydrogens is 874 g/mol. The highest BCUT2D eigenvalue weighted by molar-refractivity contribution is 9.10. The predicted octanol–water partition coefficient (Wildman–Crippen LogP) is 4.25. The van der Waals surface area contributed by atoms with Gasteiger partial charge in [0.2, 0.25) is 11.2 Å². The van der Waals surface area contributed by atoms with E-state index < -0.39 is 40.7 Å². The van der Waals surface area contributed by atoms with Crippen molar-refractivity contribution in [3.8, 4) is 35.6 Å². The number of likely N-dealkylation sites (N-methyl/N-ethyl adjacent to an activating group) is 2. The van der Waals surface area contributed by atoms with Crippen LogP contribution in [0.15, 0.2) is 77.5 Å². The molecule has 2 aliphatic rings. The zero-order chi connectivity index (χ0) is 44.2. The maximum absolute atomic E-state index is 14.3. The molecular formula is C43H39BrF2N8O8. The number of halogens is 3. The Bertz CT molecular complexity index is 2810. The lowest BCUT2D eigenvalue weighted by Gasteiger charge is -2.13. The molecule has 16 nitrogen and oxygen atoms in total. The summed E-state index contributed by atoms with van der Waals surface area (Å²) in [5, 5.41) is 29.2. The molecule has 62 heavy (non-hydrogen) atoms. The van der Waals surface area contributed by atoms with E-state index in [-0.39, 0.29) is 42.4 Å². The summed E-state index contributed by atoms with van der Waals surface area (Å²) in [4.78, 5) is 58.2. The van der Waals surface area contributed by atoms with Gasteiger partial charge in [0.25, 0.3) is 11.8 Å². The molecule has 4 aromatic heterocycles. The normalized spacial score (nSPS) is 17.8. The Kier molecular flexibility index (Phi) is 13.9. The van der Waals surface area contributed by atoms with E-state index in [1.807, 2.05) is 0 Å². The van der Waals surface area contributed by atoms with E-state index >= 15 is 0 Å². The number of terminal acetylenes is 1. The fraction of sp³-hybridized carbons (Fsp3) is 0.256. The first-order valence-electron chi connectivity index (χ1n) is 18.1. The number of aromatic nitrogens is 6. The lowest BCUT2D eigenvalue weighted by atomic mass is 10.0. The first-order chi connectivity index (χ1) is 29.0. The second-order valence-corrected chi connectivity index (χ2v) is 14.6. The van der Waals surface area contributed by atoms with E-state index in [0.29, 0.717) is 51.7 Å². The Hall–Kier alpha value is -7.06. The van der Waals surface area contributed by atoms with Crippen LogP contribution in [-0.2, 0) is 19.1 Å². The van der Waals surface area contributed by atoms with Crippen LogP contribution in [-0.4, -0.2) is 126 Å². The largest absolute Gasteiger partial charge is 0.464 e. The summed E-state index contributed by atoms with van der Waals surface area (Å²) in [5.41, 5.74) is -1.36. The van der Waals surface area contributed by atoms with Crippen molar-refractivity contribution in [3.63, 3.8) is 0 Å². The Morgan fingerprint density at radius 3 is 1.66 bits per heavy atom. The van der Waals surface area contributed by atoms with Crippen LogP contribution < -0.4 is 0 Å². The average molecular weight is 914 g/mol. The number of pyridine rings is 2. The number of aliphatic hydroxyl groups is 2. The van der Waals surface area contributed by atoms with Crippen molar-refractivity contribution in [2.75, 3.05) is 41.4 Å². The molecule has 0 unspecified atom stereocenters. The fourth-order valence-electron chi connectivity index (χ4n) is 6.32. The van der Waals surface area contributed by atoms with Gasteiger partial charge < -0.3 is 29.5 Å². The molecule has 0 bridgehead atoms. The molecule has 0 saturated carbocycles. The highest BCUT2D eigenvalue weighted by atomic mass is 79.9. The number of hydrogen-bond acceptors (Lipinski definition) is 12. The van der Waals surface area contributed by atoms with Crippen molar-refractivity contribution < 1.29 is 47.6 Å². The molecule has 0 spiro atoms. The van der Waals surface area contributed by atoms with Crippen molar-refractivity contribution in [2.24, 2.45) is 0 Å². The molecule has 6 heterocycles. The monoisotopic (exact) mass is 912 g/mol. The number of likely N-dealkylation sites (tertiary alicyclic amines) is 2. The van der Waals surface area contributed by atoms with Gasteiger partial charge in [-0.3, -0.25) is 9.59 Å². The van der Waals surface area contributed by atoms with Crippen LogP contribution in [0.25, 0.3) is 33.4 Å². The minimum Gasteiger partial charge on any atom is -0.464 e. The third-order valence-corrected chi connectivity index (χ3v) is 9.99. The third-order valence-electron chi connectivity index (χ3n) is 9.53. The van der Waals surface area contributed by atoms with E-state index in [1.54, 1.807) is 50.6 Å².